The topological polar surface area (TPSA) is 62.6 Å². The fourth-order valence-corrected chi connectivity index (χ4v) is 5.20. The van der Waals surface area contributed by atoms with Crippen molar-refractivity contribution in [2.24, 2.45) is 0 Å². The summed E-state index contributed by atoms with van der Waals surface area (Å²) in [5.41, 5.74) is 3.43. The van der Waals surface area contributed by atoms with Gasteiger partial charge in [-0.2, -0.15) is 0 Å². The second-order valence-corrected chi connectivity index (χ2v) is 8.88. The number of benzene rings is 1. The molecule has 4 rings (SSSR count). The molecule has 5 heteroatoms. The molecule has 1 spiro atoms. The second kappa shape index (κ2) is 7.69. The Balaban J connectivity index is 1.50. The first kappa shape index (κ1) is 19.7. The van der Waals surface area contributed by atoms with Crippen molar-refractivity contribution < 1.29 is 14.0 Å². The molecule has 1 aliphatic carbocycles. The maximum Gasteiger partial charge on any atom is 0.257 e. The van der Waals surface area contributed by atoms with E-state index in [1.807, 2.05) is 25.7 Å². The predicted molar refractivity (Wildman–Crippen MR) is 112 cm³/mol. The highest BCUT2D eigenvalue weighted by atomic mass is 16.3. The molecule has 2 amide bonds. The van der Waals surface area contributed by atoms with Gasteiger partial charge in [-0.25, -0.2) is 0 Å². The Hall–Kier alpha value is -2.56. The van der Waals surface area contributed by atoms with Crippen molar-refractivity contribution in [2.75, 3.05) is 13.1 Å². The van der Waals surface area contributed by atoms with Gasteiger partial charge in [0.2, 0.25) is 5.91 Å². The van der Waals surface area contributed by atoms with Gasteiger partial charge in [-0.3, -0.25) is 9.59 Å². The predicted octanol–water partition coefficient (Wildman–Crippen LogP) is 4.16. The van der Waals surface area contributed by atoms with Crippen molar-refractivity contribution >= 4 is 11.8 Å². The number of piperidine rings is 1. The molecule has 1 fully saturated rings. The number of rotatable bonds is 4. The summed E-state index contributed by atoms with van der Waals surface area (Å²) in [5, 5.41) is 3.03. The summed E-state index contributed by atoms with van der Waals surface area (Å²) in [4.78, 5) is 27.2. The molecule has 2 aromatic rings. The van der Waals surface area contributed by atoms with Crippen LogP contribution in [0.1, 0.15) is 72.7 Å². The molecule has 1 unspecified atom stereocenters. The highest BCUT2D eigenvalue weighted by molar-refractivity contribution is 5.95. The highest BCUT2D eigenvalue weighted by Crippen LogP contribution is 2.52. The van der Waals surface area contributed by atoms with E-state index in [1.165, 1.54) is 11.1 Å². The Morgan fingerprint density at radius 3 is 2.59 bits per heavy atom. The molecule has 1 aromatic carbocycles. The van der Waals surface area contributed by atoms with Gasteiger partial charge in [0.1, 0.15) is 5.76 Å². The Labute approximate surface area is 172 Å². The molecule has 154 valence electrons. The van der Waals surface area contributed by atoms with Crippen LogP contribution < -0.4 is 5.32 Å². The van der Waals surface area contributed by atoms with Gasteiger partial charge < -0.3 is 14.6 Å². The Morgan fingerprint density at radius 2 is 1.93 bits per heavy atom. The molecule has 1 atom stereocenters. The highest BCUT2D eigenvalue weighted by Gasteiger charge is 2.46. The third-order valence-electron chi connectivity index (χ3n) is 6.59. The van der Waals surface area contributed by atoms with Crippen LogP contribution in [-0.4, -0.2) is 35.8 Å². The summed E-state index contributed by atoms with van der Waals surface area (Å²) in [7, 11) is 0. The number of hydrogen-bond acceptors (Lipinski definition) is 3. The van der Waals surface area contributed by atoms with E-state index >= 15 is 0 Å². The third kappa shape index (κ3) is 3.70. The maximum absolute atomic E-state index is 12.9. The number of aryl methyl sites for hydroxylation is 1. The second-order valence-electron chi connectivity index (χ2n) is 8.88. The van der Waals surface area contributed by atoms with Crippen molar-refractivity contribution in [1.29, 1.82) is 0 Å². The van der Waals surface area contributed by atoms with E-state index in [2.05, 4.69) is 29.6 Å². The number of carbonyl (C=O) groups excluding carboxylic acids is 2. The normalized spacial score (nSPS) is 20.1. The van der Waals surface area contributed by atoms with Gasteiger partial charge >= 0.3 is 0 Å². The first-order valence-corrected chi connectivity index (χ1v) is 10.6. The standard InChI is InChI=1S/C24H30N2O3/c1-16(2)25-22(27)14-18-15-24(21-7-5-4-6-20(18)21)9-11-26(12-10-24)23(28)19-8-13-29-17(19)3/h4-8,13,16,18H,9-12,14-15H2,1-3H3,(H,25,27). The van der Waals surface area contributed by atoms with Crippen molar-refractivity contribution in [2.45, 2.75) is 63.8 Å². The molecule has 0 bridgehead atoms. The average Bonchev–Trinajstić information content (AvgIpc) is 3.24. The number of furan rings is 1. The Kier molecular flexibility index (Phi) is 5.24. The zero-order chi connectivity index (χ0) is 20.6. The lowest BCUT2D eigenvalue weighted by atomic mass is 9.73. The van der Waals surface area contributed by atoms with Gasteiger partial charge in [-0.1, -0.05) is 24.3 Å². The smallest absolute Gasteiger partial charge is 0.257 e. The lowest BCUT2D eigenvalue weighted by molar-refractivity contribution is -0.122. The quantitative estimate of drug-likeness (QED) is 0.847. The number of nitrogens with zero attached hydrogens (tertiary/aromatic N) is 1. The number of likely N-dealkylation sites (tertiary alicyclic amines) is 1. The molecule has 1 N–H and O–H groups in total. The summed E-state index contributed by atoms with van der Waals surface area (Å²) >= 11 is 0. The summed E-state index contributed by atoms with van der Waals surface area (Å²) < 4.78 is 5.31. The van der Waals surface area contributed by atoms with E-state index in [0.717, 1.165) is 32.4 Å². The minimum atomic E-state index is 0.0604. The van der Waals surface area contributed by atoms with Crippen LogP contribution in [0.2, 0.25) is 0 Å². The number of fused-ring (bicyclic) bond motifs is 2. The van der Waals surface area contributed by atoms with Crippen molar-refractivity contribution in [1.82, 2.24) is 10.2 Å². The minimum absolute atomic E-state index is 0.0604. The molecule has 2 heterocycles. The average molecular weight is 395 g/mol. The minimum Gasteiger partial charge on any atom is -0.469 e. The van der Waals surface area contributed by atoms with Crippen LogP contribution in [0.5, 0.6) is 0 Å². The Morgan fingerprint density at radius 1 is 1.21 bits per heavy atom. The van der Waals surface area contributed by atoms with Crippen LogP contribution in [0.3, 0.4) is 0 Å². The molecule has 1 aliphatic heterocycles. The monoisotopic (exact) mass is 394 g/mol. The van der Waals surface area contributed by atoms with Crippen LogP contribution in [0, 0.1) is 6.92 Å². The first-order valence-electron chi connectivity index (χ1n) is 10.6. The summed E-state index contributed by atoms with van der Waals surface area (Å²) in [6.45, 7) is 7.30. The van der Waals surface area contributed by atoms with E-state index in [4.69, 9.17) is 4.42 Å². The molecule has 0 saturated carbocycles. The van der Waals surface area contributed by atoms with Gasteiger partial charge in [-0.15, -0.1) is 0 Å². The summed E-state index contributed by atoms with van der Waals surface area (Å²) in [6, 6.07) is 10.5. The molecular formula is C24H30N2O3. The van der Waals surface area contributed by atoms with E-state index in [0.29, 0.717) is 17.7 Å². The fourth-order valence-electron chi connectivity index (χ4n) is 5.20. The first-order chi connectivity index (χ1) is 13.9. The lowest BCUT2D eigenvalue weighted by Crippen LogP contribution is -2.44. The molecule has 29 heavy (non-hydrogen) atoms. The Bertz CT molecular complexity index is 906. The zero-order valence-corrected chi connectivity index (χ0v) is 17.5. The zero-order valence-electron chi connectivity index (χ0n) is 17.5. The number of nitrogens with one attached hydrogen (secondary N) is 1. The van der Waals surface area contributed by atoms with Gasteiger partial charge in [0, 0.05) is 25.6 Å². The summed E-state index contributed by atoms with van der Waals surface area (Å²) in [5.74, 6) is 1.12. The maximum atomic E-state index is 12.9. The lowest BCUT2D eigenvalue weighted by Gasteiger charge is -2.40. The molecule has 5 nitrogen and oxygen atoms in total. The van der Waals surface area contributed by atoms with Crippen LogP contribution in [0.25, 0.3) is 0 Å². The molecular weight excluding hydrogens is 364 g/mol. The van der Waals surface area contributed by atoms with Crippen LogP contribution >= 0.6 is 0 Å². The number of hydrogen-bond donors (Lipinski definition) is 1. The van der Waals surface area contributed by atoms with E-state index < -0.39 is 0 Å². The molecule has 1 aromatic heterocycles. The van der Waals surface area contributed by atoms with Crippen LogP contribution in [0.4, 0.5) is 0 Å². The van der Waals surface area contributed by atoms with Gasteiger partial charge in [0.15, 0.2) is 0 Å². The van der Waals surface area contributed by atoms with E-state index in [9.17, 15) is 9.59 Å². The van der Waals surface area contributed by atoms with Crippen LogP contribution in [-0.2, 0) is 10.2 Å². The van der Waals surface area contributed by atoms with E-state index in [1.54, 1.807) is 12.3 Å². The van der Waals surface area contributed by atoms with Gasteiger partial charge in [0.25, 0.3) is 5.91 Å². The number of amides is 2. The summed E-state index contributed by atoms with van der Waals surface area (Å²) in [6.07, 6.45) is 4.98. The third-order valence-corrected chi connectivity index (χ3v) is 6.59. The van der Waals surface area contributed by atoms with E-state index in [-0.39, 0.29) is 29.2 Å². The van der Waals surface area contributed by atoms with Crippen molar-refractivity contribution in [3.05, 3.63) is 59.0 Å². The van der Waals surface area contributed by atoms with Gasteiger partial charge in [-0.05, 0) is 68.6 Å². The van der Waals surface area contributed by atoms with Crippen LogP contribution in [0.15, 0.2) is 41.0 Å². The van der Waals surface area contributed by atoms with Crippen molar-refractivity contribution in [3.63, 3.8) is 0 Å². The molecule has 2 aliphatic rings. The SMILES string of the molecule is Cc1occc1C(=O)N1CCC2(CC1)CC(CC(=O)NC(C)C)c1ccccc12. The fraction of sp³-hybridized carbons (Fsp3) is 0.500. The largest absolute Gasteiger partial charge is 0.469 e. The molecule has 0 radical (unpaired) electrons. The van der Waals surface area contributed by atoms with Gasteiger partial charge in [0.05, 0.1) is 11.8 Å². The van der Waals surface area contributed by atoms with Crippen molar-refractivity contribution in [3.8, 4) is 0 Å². The molecule has 1 saturated heterocycles. The number of carbonyl (C=O) groups is 2.